The molecule has 0 aliphatic carbocycles. The van der Waals surface area contributed by atoms with Crippen LogP contribution in [0, 0.1) is 0 Å². The Morgan fingerprint density at radius 2 is 2.48 bits per heavy atom. The largest absolute Gasteiger partial charge is 0.376 e. The van der Waals surface area contributed by atoms with Gasteiger partial charge in [-0.25, -0.2) is 4.98 Å². The lowest BCUT2D eigenvalue weighted by Gasteiger charge is -2.25. The van der Waals surface area contributed by atoms with Gasteiger partial charge in [-0.3, -0.25) is 9.59 Å². The van der Waals surface area contributed by atoms with E-state index in [1.54, 1.807) is 18.5 Å². The number of halogens is 1. The standard InChI is InChI=1S/C13H18ClN3O3S/c1-9(14)12(19)17(7-10-3-2-5-20-10)8-11(18)16-13-15-4-6-21-13/h4,6,9-10H,2-3,5,7-8H2,1H3,(H,15,16,18). The molecular formula is C13H18ClN3O3S. The van der Waals surface area contributed by atoms with Gasteiger partial charge in [0.2, 0.25) is 11.8 Å². The lowest BCUT2D eigenvalue weighted by Crippen LogP contribution is -2.44. The minimum Gasteiger partial charge on any atom is -0.376 e. The van der Waals surface area contributed by atoms with Crippen molar-refractivity contribution in [3.05, 3.63) is 11.6 Å². The van der Waals surface area contributed by atoms with Gasteiger partial charge in [-0.05, 0) is 19.8 Å². The van der Waals surface area contributed by atoms with Crippen LogP contribution in [0.4, 0.5) is 5.13 Å². The van der Waals surface area contributed by atoms with Gasteiger partial charge in [0, 0.05) is 24.7 Å². The molecule has 21 heavy (non-hydrogen) atoms. The van der Waals surface area contributed by atoms with Crippen LogP contribution < -0.4 is 5.32 Å². The van der Waals surface area contributed by atoms with Crippen LogP contribution in [0.3, 0.4) is 0 Å². The summed E-state index contributed by atoms with van der Waals surface area (Å²) < 4.78 is 5.52. The molecule has 2 amide bonds. The average molecular weight is 332 g/mol. The second-order valence-electron chi connectivity index (χ2n) is 4.86. The monoisotopic (exact) mass is 331 g/mol. The molecule has 0 bridgehead atoms. The van der Waals surface area contributed by atoms with Crippen molar-refractivity contribution < 1.29 is 14.3 Å². The Morgan fingerprint density at radius 1 is 1.67 bits per heavy atom. The molecule has 0 aromatic carbocycles. The number of anilines is 1. The molecule has 2 rings (SSSR count). The summed E-state index contributed by atoms with van der Waals surface area (Å²) in [4.78, 5) is 29.5. The molecule has 6 nitrogen and oxygen atoms in total. The summed E-state index contributed by atoms with van der Waals surface area (Å²) in [6, 6.07) is 0. The maximum absolute atomic E-state index is 12.1. The van der Waals surface area contributed by atoms with Crippen molar-refractivity contribution in [1.29, 1.82) is 0 Å². The highest BCUT2D eigenvalue weighted by Crippen LogP contribution is 2.15. The molecule has 1 aromatic heterocycles. The van der Waals surface area contributed by atoms with Gasteiger partial charge in [0.05, 0.1) is 6.10 Å². The van der Waals surface area contributed by atoms with Gasteiger partial charge in [-0.1, -0.05) is 0 Å². The minimum absolute atomic E-state index is 0.0166. The quantitative estimate of drug-likeness (QED) is 0.806. The Labute approximate surface area is 132 Å². The van der Waals surface area contributed by atoms with E-state index >= 15 is 0 Å². The molecule has 2 atom stereocenters. The van der Waals surface area contributed by atoms with Crippen LogP contribution in [-0.4, -0.2) is 52.9 Å². The van der Waals surface area contributed by atoms with Gasteiger partial charge in [0.1, 0.15) is 11.9 Å². The van der Waals surface area contributed by atoms with E-state index in [4.69, 9.17) is 16.3 Å². The Hall–Kier alpha value is -1.18. The average Bonchev–Trinajstić information content (AvgIpc) is 3.10. The fourth-order valence-corrected chi connectivity index (χ4v) is 2.82. The van der Waals surface area contributed by atoms with Crippen LogP contribution in [0.5, 0.6) is 0 Å². The number of nitrogens with one attached hydrogen (secondary N) is 1. The highest BCUT2D eigenvalue weighted by Gasteiger charge is 2.26. The van der Waals surface area contributed by atoms with Gasteiger partial charge in [0.25, 0.3) is 0 Å². The van der Waals surface area contributed by atoms with E-state index in [-0.39, 0.29) is 24.5 Å². The summed E-state index contributed by atoms with van der Waals surface area (Å²) in [6.45, 7) is 2.65. The zero-order chi connectivity index (χ0) is 15.2. The topological polar surface area (TPSA) is 71.5 Å². The van der Waals surface area contributed by atoms with Crippen molar-refractivity contribution in [2.45, 2.75) is 31.2 Å². The first-order valence-corrected chi connectivity index (χ1v) is 8.11. The first-order valence-electron chi connectivity index (χ1n) is 6.80. The van der Waals surface area contributed by atoms with E-state index in [1.165, 1.54) is 16.2 Å². The summed E-state index contributed by atoms with van der Waals surface area (Å²) >= 11 is 7.19. The zero-order valence-electron chi connectivity index (χ0n) is 11.8. The number of aromatic nitrogens is 1. The first-order chi connectivity index (χ1) is 10.1. The van der Waals surface area contributed by atoms with E-state index in [9.17, 15) is 9.59 Å². The summed E-state index contributed by atoms with van der Waals surface area (Å²) in [5.74, 6) is -0.546. The Balaban J connectivity index is 1.93. The smallest absolute Gasteiger partial charge is 0.245 e. The Kier molecular flexibility index (Phi) is 5.96. The number of ether oxygens (including phenoxy) is 1. The van der Waals surface area contributed by atoms with Crippen molar-refractivity contribution in [3.63, 3.8) is 0 Å². The molecule has 1 fully saturated rings. The number of rotatable bonds is 6. The summed E-state index contributed by atoms with van der Waals surface area (Å²) in [6.07, 6.45) is 3.47. The van der Waals surface area contributed by atoms with E-state index in [0.29, 0.717) is 18.3 Å². The van der Waals surface area contributed by atoms with Crippen LogP contribution in [0.25, 0.3) is 0 Å². The van der Waals surface area contributed by atoms with Crippen molar-refractivity contribution in [3.8, 4) is 0 Å². The maximum Gasteiger partial charge on any atom is 0.245 e. The van der Waals surface area contributed by atoms with Crippen molar-refractivity contribution in [1.82, 2.24) is 9.88 Å². The fraction of sp³-hybridized carbons (Fsp3) is 0.615. The highest BCUT2D eigenvalue weighted by molar-refractivity contribution is 7.13. The molecule has 2 heterocycles. The molecule has 8 heteroatoms. The van der Waals surface area contributed by atoms with Crippen molar-refractivity contribution >= 4 is 39.9 Å². The zero-order valence-corrected chi connectivity index (χ0v) is 13.3. The molecular weight excluding hydrogens is 314 g/mol. The number of alkyl halides is 1. The predicted octanol–water partition coefficient (Wildman–Crippen LogP) is 1.72. The number of amides is 2. The molecule has 1 saturated heterocycles. The van der Waals surface area contributed by atoms with Gasteiger partial charge in [0.15, 0.2) is 5.13 Å². The molecule has 1 aliphatic rings. The lowest BCUT2D eigenvalue weighted by molar-refractivity contribution is -0.135. The number of carbonyl (C=O) groups is 2. The number of carbonyl (C=O) groups excluding carboxylic acids is 2. The van der Waals surface area contributed by atoms with Gasteiger partial charge >= 0.3 is 0 Å². The second kappa shape index (κ2) is 7.72. The van der Waals surface area contributed by atoms with Gasteiger partial charge in [-0.2, -0.15) is 0 Å². The van der Waals surface area contributed by atoms with Crippen LogP contribution in [0.15, 0.2) is 11.6 Å². The third-order valence-electron chi connectivity index (χ3n) is 3.11. The summed E-state index contributed by atoms with van der Waals surface area (Å²) in [5.41, 5.74) is 0. The van der Waals surface area contributed by atoms with Crippen LogP contribution >= 0.6 is 22.9 Å². The molecule has 1 aliphatic heterocycles. The van der Waals surface area contributed by atoms with E-state index < -0.39 is 5.38 Å². The molecule has 1 aromatic rings. The normalized spacial score (nSPS) is 19.2. The number of thiazole rings is 1. The lowest BCUT2D eigenvalue weighted by atomic mass is 10.2. The first kappa shape index (κ1) is 16.2. The molecule has 2 unspecified atom stereocenters. The number of hydrogen-bond acceptors (Lipinski definition) is 5. The minimum atomic E-state index is -0.668. The summed E-state index contributed by atoms with van der Waals surface area (Å²) in [5, 5.41) is 4.28. The fourth-order valence-electron chi connectivity index (χ4n) is 2.14. The molecule has 0 saturated carbocycles. The van der Waals surface area contributed by atoms with Gasteiger partial charge in [-0.15, -0.1) is 22.9 Å². The third kappa shape index (κ3) is 4.94. The van der Waals surface area contributed by atoms with Crippen molar-refractivity contribution in [2.75, 3.05) is 25.0 Å². The predicted molar refractivity (Wildman–Crippen MR) is 81.6 cm³/mol. The van der Waals surface area contributed by atoms with Gasteiger partial charge < -0.3 is 15.0 Å². The number of hydrogen-bond donors (Lipinski definition) is 1. The van der Waals surface area contributed by atoms with Crippen LogP contribution in [-0.2, 0) is 14.3 Å². The maximum atomic E-state index is 12.1. The molecule has 0 spiro atoms. The SMILES string of the molecule is CC(Cl)C(=O)N(CC(=O)Nc1nccs1)CC1CCCO1. The third-order valence-corrected chi connectivity index (χ3v) is 3.99. The van der Waals surface area contributed by atoms with Crippen LogP contribution in [0.1, 0.15) is 19.8 Å². The van der Waals surface area contributed by atoms with Crippen LogP contribution in [0.2, 0.25) is 0 Å². The highest BCUT2D eigenvalue weighted by atomic mass is 35.5. The second-order valence-corrected chi connectivity index (χ2v) is 6.40. The molecule has 0 radical (unpaired) electrons. The molecule has 1 N–H and O–H groups in total. The summed E-state index contributed by atoms with van der Waals surface area (Å²) in [7, 11) is 0. The van der Waals surface area contributed by atoms with Crippen molar-refractivity contribution in [2.24, 2.45) is 0 Å². The Bertz CT molecular complexity index is 475. The molecule has 116 valence electrons. The Morgan fingerprint density at radius 3 is 3.05 bits per heavy atom. The van der Waals surface area contributed by atoms with E-state index in [1.807, 2.05) is 0 Å². The number of nitrogens with zero attached hydrogens (tertiary/aromatic N) is 2. The van der Waals surface area contributed by atoms with E-state index in [2.05, 4.69) is 10.3 Å². The van der Waals surface area contributed by atoms with E-state index in [0.717, 1.165) is 12.8 Å².